The Bertz CT molecular complexity index is 1060. The van der Waals surface area contributed by atoms with E-state index in [-0.39, 0.29) is 30.8 Å². The predicted molar refractivity (Wildman–Crippen MR) is 131 cm³/mol. The molecule has 0 N–H and O–H groups in total. The highest BCUT2D eigenvalue weighted by atomic mass is 16.6. The Morgan fingerprint density at radius 3 is 2.35 bits per heavy atom. The molecule has 0 bridgehead atoms. The molecule has 0 amide bonds. The zero-order valence-corrected chi connectivity index (χ0v) is 22.8. The number of hydrogen-bond acceptors (Lipinski definition) is 9. The maximum Gasteiger partial charge on any atom is 0.334 e. The van der Waals surface area contributed by atoms with Crippen LogP contribution in [0.5, 0.6) is 0 Å². The van der Waals surface area contributed by atoms with E-state index in [1.807, 2.05) is 33.8 Å². The van der Waals surface area contributed by atoms with Gasteiger partial charge in [-0.05, 0) is 45.3 Å². The lowest BCUT2D eigenvalue weighted by Crippen LogP contribution is -2.62. The summed E-state index contributed by atoms with van der Waals surface area (Å²) in [6, 6.07) is 0. The van der Waals surface area contributed by atoms with Crippen molar-refractivity contribution in [2.75, 3.05) is 0 Å². The van der Waals surface area contributed by atoms with Gasteiger partial charge in [-0.15, -0.1) is 0 Å². The Hall–Kier alpha value is -2.68. The van der Waals surface area contributed by atoms with Crippen LogP contribution in [-0.2, 0) is 42.9 Å². The van der Waals surface area contributed by atoms with Crippen molar-refractivity contribution in [3.8, 4) is 0 Å². The summed E-state index contributed by atoms with van der Waals surface area (Å²) in [5.41, 5.74) is 0.593. The molecule has 9 heteroatoms. The first-order valence-corrected chi connectivity index (χ1v) is 13.1. The molecule has 2 aliphatic carbocycles. The van der Waals surface area contributed by atoms with Gasteiger partial charge in [0.1, 0.15) is 24.4 Å². The van der Waals surface area contributed by atoms with Gasteiger partial charge in [-0.3, -0.25) is 14.4 Å². The van der Waals surface area contributed by atoms with E-state index in [1.165, 1.54) is 13.8 Å². The molecule has 9 nitrogen and oxygen atoms in total. The van der Waals surface area contributed by atoms with Gasteiger partial charge in [-0.1, -0.05) is 19.4 Å². The molecule has 1 saturated carbocycles. The fourth-order valence-electron chi connectivity index (χ4n) is 6.65. The number of epoxide rings is 1. The molecule has 4 aliphatic rings. The van der Waals surface area contributed by atoms with E-state index in [0.29, 0.717) is 24.8 Å². The molecule has 0 radical (unpaired) electrons. The van der Waals surface area contributed by atoms with Gasteiger partial charge in [0.05, 0.1) is 17.1 Å². The van der Waals surface area contributed by atoms with Crippen LogP contribution in [-0.4, -0.2) is 60.0 Å². The van der Waals surface area contributed by atoms with Crippen LogP contribution >= 0.6 is 0 Å². The monoisotopic (exact) mass is 518 g/mol. The van der Waals surface area contributed by atoms with Crippen LogP contribution in [0, 0.1) is 11.3 Å². The summed E-state index contributed by atoms with van der Waals surface area (Å²) in [5, 5.41) is 0. The average molecular weight is 519 g/mol. The van der Waals surface area contributed by atoms with E-state index in [0.717, 1.165) is 11.1 Å². The summed E-state index contributed by atoms with van der Waals surface area (Å²) >= 11 is 0. The SMILES string of the molecule is CCCC(=O)O[C@@H]1[C@H](OC(C)=O)C/C(C)=C\[C@@H]2OC(=O)C(C)=C2C[C@H]2[C@@]3(C)O[C@H]3C[C@H](OC(C)=O)[C@]12C. The van der Waals surface area contributed by atoms with Crippen LogP contribution in [0.3, 0.4) is 0 Å². The first-order valence-electron chi connectivity index (χ1n) is 13.1. The second kappa shape index (κ2) is 9.89. The highest BCUT2D eigenvalue weighted by molar-refractivity contribution is 5.92. The summed E-state index contributed by atoms with van der Waals surface area (Å²) in [7, 11) is 0. The third-order valence-corrected chi connectivity index (χ3v) is 8.58. The summed E-state index contributed by atoms with van der Waals surface area (Å²) in [5.74, 6) is -2.10. The van der Waals surface area contributed by atoms with Crippen molar-refractivity contribution >= 4 is 23.9 Å². The molecule has 37 heavy (non-hydrogen) atoms. The minimum absolute atomic E-state index is 0.160. The Balaban J connectivity index is 1.93. The van der Waals surface area contributed by atoms with Gasteiger partial charge in [0.25, 0.3) is 0 Å². The molecule has 0 aromatic rings. The first kappa shape index (κ1) is 27.4. The molecule has 0 spiro atoms. The number of ether oxygens (including phenoxy) is 5. The van der Waals surface area contributed by atoms with Gasteiger partial charge in [0, 0.05) is 44.6 Å². The average Bonchev–Trinajstić information content (AvgIpc) is 3.37. The van der Waals surface area contributed by atoms with Gasteiger partial charge in [-0.2, -0.15) is 0 Å². The smallest absolute Gasteiger partial charge is 0.334 e. The van der Waals surface area contributed by atoms with Gasteiger partial charge in [0.2, 0.25) is 0 Å². The van der Waals surface area contributed by atoms with Crippen LogP contribution < -0.4 is 0 Å². The summed E-state index contributed by atoms with van der Waals surface area (Å²) < 4.78 is 29.8. The number of carbonyl (C=O) groups is 4. The third-order valence-electron chi connectivity index (χ3n) is 8.58. The highest BCUT2D eigenvalue weighted by Gasteiger charge is 2.72. The largest absolute Gasteiger partial charge is 0.462 e. The fourth-order valence-corrected chi connectivity index (χ4v) is 6.65. The molecular weight excluding hydrogens is 480 g/mol. The minimum atomic E-state index is -1.00. The van der Waals surface area contributed by atoms with Crippen molar-refractivity contribution in [2.45, 2.75) is 117 Å². The topological polar surface area (TPSA) is 118 Å². The summed E-state index contributed by atoms with van der Waals surface area (Å²) in [4.78, 5) is 50.2. The van der Waals surface area contributed by atoms with Gasteiger partial charge in [-0.25, -0.2) is 4.79 Å². The first-order chi connectivity index (χ1) is 17.3. The van der Waals surface area contributed by atoms with Crippen LogP contribution in [0.25, 0.3) is 0 Å². The van der Waals surface area contributed by atoms with Crippen molar-refractivity contribution in [3.63, 3.8) is 0 Å². The zero-order valence-electron chi connectivity index (χ0n) is 22.8. The zero-order chi connectivity index (χ0) is 27.3. The Kier molecular flexibility index (Phi) is 7.31. The van der Waals surface area contributed by atoms with Crippen molar-refractivity contribution in [1.82, 2.24) is 0 Å². The van der Waals surface area contributed by atoms with E-state index in [1.54, 1.807) is 6.92 Å². The normalized spacial score (nSPS) is 40.2. The van der Waals surface area contributed by atoms with E-state index in [9.17, 15) is 19.2 Å². The number of rotatable bonds is 5. The fraction of sp³-hybridized carbons (Fsp3) is 0.714. The second-order valence-corrected chi connectivity index (χ2v) is 11.2. The molecule has 1 saturated heterocycles. The Morgan fingerprint density at radius 2 is 1.73 bits per heavy atom. The Labute approximate surface area is 217 Å². The molecular formula is C28H38O9. The number of carbonyl (C=O) groups excluding carboxylic acids is 4. The molecule has 0 unspecified atom stereocenters. The standard InChI is InChI=1S/C28H38O9/c1-8-9-24(31)36-25-20(33-16(4)29)11-14(2)10-19-18(15(3)26(32)35-19)12-21-27(25,6)22(34-17(5)30)13-23-28(21,7)37-23/h10,19-23,25H,8-9,11-13H2,1-7H3/b14-10-/t19-,20+,21+,22-,23-,25+,27+,28+/m0/s1. The molecule has 2 fully saturated rings. The van der Waals surface area contributed by atoms with Crippen molar-refractivity contribution in [2.24, 2.45) is 11.3 Å². The molecule has 0 aromatic carbocycles. The summed E-state index contributed by atoms with van der Waals surface area (Å²) in [6.45, 7) is 12.1. The second-order valence-electron chi connectivity index (χ2n) is 11.2. The lowest BCUT2D eigenvalue weighted by molar-refractivity contribution is -0.209. The molecule has 0 aromatic heterocycles. The molecule has 4 rings (SSSR count). The number of hydrogen-bond donors (Lipinski definition) is 0. The van der Waals surface area contributed by atoms with Crippen LogP contribution in [0.15, 0.2) is 22.8 Å². The molecule has 8 atom stereocenters. The third kappa shape index (κ3) is 4.94. The van der Waals surface area contributed by atoms with Crippen molar-refractivity contribution in [1.29, 1.82) is 0 Å². The molecule has 2 aliphatic heterocycles. The van der Waals surface area contributed by atoms with Gasteiger partial charge in [0.15, 0.2) is 0 Å². The lowest BCUT2D eigenvalue weighted by atomic mass is 9.55. The quantitative estimate of drug-likeness (QED) is 0.232. The predicted octanol–water partition coefficient (Wildman–Crippen LogP) is 3.73. The van der Waals surface area contributed by atoms with Crippen LogP contribution in [0.1, 0.15) is 80.6 Å². The summed E-state index contributed by atoms with van der Waals surface area (Å²) in [6.07, 6.45) is 0.575. The van der Waals surface area contributed by atoms with E-state index < -0.39 is 53.3 Å². The maximum absolute atomic E-state index is 13.0. The van der Waals surface area contributed by atoms with Gasteiger partial charge < -0.3 is 23.7 Å². The van der Waals surface area contributed by atoms with Crippen molar-refractivity contribution < 1.29 is 42.9 Å². The van der Waals surface area contributed by atoms with Crippen LogP contribution in [0.2, 0.25) is 0 Å². The number of esters is 4. The lowest BCUT2D eigenvalue weighted by Gasteiger charge is -2.52. The van der Waals surface area contributed by atoms with E-state index in [4.69, 9.17) is 23.7 Å². The molecule has 2 heterocycles. The Morgan fingerprint density at radius 1 is 1.05 bits per heavy atom. The van der Waals surface area contributed by atoms with E-state index >= 15 is 0 Å². The maximum atomic E-state index is 13.0. The minimum Gasteiger partial charge on any atom is -0.462 e. The van der Waals surface area contributed by atoms with Crippen LogP contribution in [0.4, 0.5) is 0 Å². The molecule has 204 valence electrons. The van der Waals surface area contributed by atoms with Crippen molar-refractivity contribution in [3.05, 3.63) is 22.8 Å². The van der Waals surface area contributed by atoms with E-state index in [2.05, 4.69) is 0 Å². The highest BCUT2D eigenvalue weighted by Crippen LogP contribution is 2.63. The van der Waals surface area contributed by atoms with Gasteiger partial charge >= 0.3 is 23.9 Å². The number of fused-ring (bicyclic) bond motifs is 4.